The first-order chi connectivity index (χ1) is 10.1. The molecule has 0 fully saturated rings. The van der Waals surface area contributed by atoms with Gasteiger partial charge in [0.25, 0.3) is 0 Å². The van der Waals surface area contributed by atoms with Crippen LogP contribution in [-0.2, 0) is 13.0 Å². The van der Waals surface area contributed by atoms with Crippen LogP contribution in [-0.4, -0.2) is 20.4 Å². The number of aromatic nitrogens is 3. The van der Waals surface area contributed by atoms with Gasteiger partial charge < -0.3 is 9.55 Å². The molecule has 0 spiro atoms. The minimum atomic E-state index is -0.499. The number of imidazole rings is 1. The molecule has 2 heterocycles. The van der Waals surface area contributed by atoms with E-state index in [1.54, 1.807) is 5.38 Å². The highest BCUT2D eigenvalue weighted by atomic mass is 35.5. The fraction of sp³-hybridized carbons (Fsp3) is 0.231. The summed E-state index contributed by atoms with van der Waals surface area (Å²) in [5.74, 6) is 0.634. The Morgan fingerprint density at radius 2 is 2.24 bits per heavy atom. The Bertz CT molecular complexity index is 855. The number of nitrogens with zero attached hydrogens (tertiary/aromatic N) is 2. The molecule has 3 rings (SSSR count). The molecule has 1 N–H and O–H groups in total. The van der Waals surface area contributed by atoms with Crippen molar-refractivity contribution in [3.05, 3.63) is 49.5 Å². The Morgan fingerprint density at radius 3 is 2.90 bits per heavy atom. The van der Waals surface area contributed by atoms with Gasteiger partial charge in [0.15, 0.2) is 0 Å². The third kappa shape index (κ3) is 2.84. The largest absolute Gasteiger partial charge is 0.322 e. The molecule has 0 amide bonds. The predicted molar refractivity (Wildman–Crippen MR) is 83.2 cm³/mol. The average Bonchev–Trinajstić information content (AvgIpc) is 2.97. The predicted octanol–water partition coefficient (Wildman–Crippen LogP) is 3.41. The number of aryl methyl sites for hydroxylation is 1. The molecule has 2 aromatic heterocycles. The lowest BCUT2D eigenvalue weighted by Crippen LogP contribution is -2.07. The number of H-pyrrole nitrogens is 1. The fourth-order valence-corrected chi connectivity index (χ4v) is 3.08. The average molecular weight is 346 g/mol. The molecular formula is C13H10Cl2FN3OS. The number of alkyl halides is 1. The summed E-state index contributed by atoms with van der Waals surface area (Å²) in [5, 5.41) is 1.78. The van der Waals surface area contributed by atoms with Crippen molar-refractivity contribution >= 4 is 45.6 Å². The molecule has 1 aromatic carbocycles. The van der Waals surface area contributed by atoms with Crippen LogP contribution in [0.3, 0.4) is 0 Å². The highest BCUT2D eigenvalue weighted by molar-refractivity contribution is 7.07. The third-order valence-electron chi connectivity index (χ3n) is 3.09. The quantitative estimate of drug-likeness (QED) is 0.736. The molecule has 0 saturated heterocycles. The highest BCUT2D eigenvalue weighted by Crippen LogP contribution is 2.25. The molecule has 0 radical (unpaired) electrons. The maximum absolute atomic E-state index is 13.7. The lowest BCUT2D eigenvalue weighted by molar-refractivity contribution is 0.628. The number of benzene rings is 1. The molecule has 110 valence electrons. The van der Waals surface area contributed by atoms with Gasteiger partial charge in [-0.1, -0.05) is 22.9 Å². The molecule has 0 unspecified atom stereocenters. The van der Waals surface area contributed by atoms with Crippen molar-refractivity contribution in [2.75, 3.05) is 5.88 Å². The molecule has 0 aliphatic carbocycles. The molecule has 8 heteroatoms. The van der Waals surface area contributed by atoms with Gasteiger partial charge >= 0.3 is 4.87 Å². The van der Waals surface area contributed by atoms with Gasteiger partial charge in [0, 0.05) is 29.4 Å². The zero-order chi connectivity index (χ0) is 15.0. The van der Waals surface area contributed by atoms with Crippen LogP contribution >= 0.6 is 34.5 Å². The number of hydrogen-bond acceptors (Lipinski definition) is 3. The van der Waals surface area contributed by atoms with Gasteiger partial charge in [0.1, 0.15) is 11.6 Å². The summed E-state index contributed by atoms with van der Waals surface area (Å²) in [6.45, 7) is 0.405. The van der Waals surface area contributed by atoms with Gasteiger partial charge in [-0.05, 0) is 6.07 Å². The summed E-state index contributed by atoms with van der Waals surface area (Å²) in [7, 11) is 0. The summed E-state index contributed by atoms with van der Waals surface area (Å²) in [5.41, 5.74) is 1.98. The van der Waals surface area contributed by atoms with E-state index in [4.69, 9.17) is 23.2 Å². The van der Waals surface area contributed by atoms with E-state index in [1.807, 2.05) is 4.57 Å². The number of fused-ring (bicyclic) bond motifs is 1. The molecule has 3 aromatic rings. The normalized spacial score (nSPS) is 11.4. The van der Waals surface area contributed by atoms with Crippen molar-refractivity contribution < 1.29 is 4.39 Å². The summed E-state index contributed by atoms with van der Waals surface area (Å²) >= 11 is 12.7. The number of aromatic amines is 1. The zero-order valence-electron chi connectivity index (χ0n) is 10.7. The maximum Gasteiger partial charge on any atom is 0.304 e. The molecule has 0 bridgehead atoms. The van der Waals surface area contributed by atoms with Crippen molar-refractivity contribution in [2.45, 2.75) is 13.0 Å². The summed E-state index contributed by atoms with van der Waals surface area (Å²) < 4.78 is 15.6. The van der Waals surface area contributed by atoms with Gasteiger partial charge in [0.05, 0.1) is 22.6 Å². The Morgan fingerprint density at radius 1 is 1.43 bits per heavy atom. The first-order valence-corrected chi connectivity index (χ1v) is 7.94. The lowest BCUT2D eigenvalue weighted by atomic mass is 10.3. The monoisotopic (exact) mass is 345 g/mol. The molecule has 21 heavy (non-hydrogen) atoms. The van der Waals surface area contributed by atoms with Crippen LogP contribution in [0.4, 0.5) is 4.39 Å². The van der Waals surface area contributed by atoms with Gasteiger partial charge in [-0.25, -0.2) is 9.37 Å². The van der Waals surface area contributed by atoms with Crippen LogP contribution in [0, 0.1) is 5.82 Å². The molecule has 4 nitrogen and oxygen atoms in total. The van der Waals surface area contributed by atoms with Crippen LogP contribution < -0.4 is 4.87 Å². The lowest BCUT2D eigenvalue weighted by Gasteiger charge is -2.07. The third-order valence-corrected chi connectivity index (χ3v) is 4.28. The number of hydrogen-bond donors (Lipinski definition) is 1. The van der Waals surface area contributed by atoms with Crippen molar-refractivity contribution in [2.24, 2.45) is 0 Å². The minimum Gasteiger partial charge on any atom is -0.322 e. The van der Waals surface area contributed by atoms with E-state index >= 15 is 0 Å². The molecular weight excluding hydrogens is 336 g/mol. The number of thiazole rings is 1. The van der Waals surface area contributed by atoms with Crippen molar-refractivity contribution in [1.29, 1.82) is 0 Å². The van der Waals surface area contributed by atoms with Crippen LogP contribution in [0.2, 0.25) is 5.02 Å². The minimum absolute atomic E-state index is 0.0357. The van der Waals surface area contributed by atoms with E-state index in [-0.39, 0.29) is 9.90 Å². The Labute approximate surface area is 133 Å². The summed E-state index contributed by atoms with van der Waals surface area (Å²) in [4.78, 5) is 18.3. The Balaban J connectivity index is 2.14. The van der Waals surface area contributed by atoms with Crippen LogP contribution in [0.5, 0.6) is 0 Å². The maximum atomic E-state index is 13.7. The standard InChI is InChI=1S/C13H10Cl2FN3OS/c14-2-1-12-18-10-3-8(15)9(16)4-11(10)19(12)5-7-6-21-13(20)17-7/h3-4,6H,1-2,5H2,(H,17,20). The zero-order valence-corrected chi connectivity index (χ0v) is 13.0. The van der Waals surface area contributed by atoms with E-state index in [1.165, 1.54) is 12.1 Å². The second-order valence-electron chi connectivity index (χ2n) is 4.48. The Kier molecular flexibility index (Phi) is 4.01. The molecule has 0 atom stereocenters. The van der Waals surface area contributed by atoms with Crippen LogP contribution in [0.1, 0.15) is 11.5 Å². The van der Waals surface area contributed by atoms with E-state index in [0.29, 0.717) is 29.9 Å². The van der Waals surface area contributed by atoms with Crippen LogP contribution in [0.15, 0.2) is 22.3 Å². The summed E-state index contributed by atoms with van der Waals surface area (Å²) in [6, 6.07) is 2.85. The van der Waals surface area contributed by atoms with E-state index in [9.17, 15) is 9.18 Å². The first-order valence-electron chi connectivity index (χ1n) is 6.15. The first kappa shape index (κ1) is 14.6. The molecule has 0 saturated carbocycles. The van der Waals surface area contributed by atoms with E-state index in [2.05, 4.69) is 9.97 Å². The van der Waals surface area contributed by atoms with E-state index in [0.717, 1.165) is 22.9 Å². The van der Waals surface area contributed by atoms with Crippen molar-refractivity contribution in [1.82, 2.24) is 14.5 Å². The SMILES string of the molecule is O=c1[nH]c(Cn2c(CCCl)nc3cc(Cl)c(F)cc32)cs1. The van der Waals surface area contributed by atoms with Gasteiger partial charge in [-0.15, -0.1) is 11.6 Å². The van der Waals surface area contributed by atoms with Gasteiger partial charge in [-0.2, -0.15) is 0 Å². The van der Waals surface area contributed by atoms with Crippen molar-refractivity contribution in [3.63, 3.8) is 0 Å². The second kappa shape index (κ2) is 5.79. The Hall–Kier alpha value is -1.37. The number of rotatable bonds is 4. The second-order valence-corrected chi connectivity index (χ2v) is 6.11. The van der Waals surface area contributed by atoms with Gasteiger partial charge in [-0.3, -0.25) is 4.79 Å². The van der Waals surface area contributed by atoms with Crippen molar-refractivity contribution in [3.8, 4) is 0 Å². The van der Waals surface area contributed by atoms with E-state index < -0.39 is 5.82 Å². The smallest absolute Gasteiger partial charge is 0.304 e. The van der Waals surface area contributed by atoms with Gasteiger partial charge in [0.2, 0.25) is 0 Å². The number of nitrogens with one attached hydrogen (secondary N) is 1. The van der Waals surface area contributed by atoms with Crippen LogP contribution in [0.25, 0.3) is 11.0 Å². The highest BCUT2D eigenvalue weighted by Gasteiger charge is 2.14. The fourth-order valence-electron chi connectivity index (χ4n) is 2.18. The molecule has 0 aliphatic rings. The molecule has 0 aliphatic heterocycles. The number of halogens is 3. The summed E-state index contributed by atoms with van der Waals surface area (Å²) in [6.07, 6.45) is 0.545. The topological polar surface area (TPSA) is 50.7 Å².